The number of amides is 1. The highest BCUT2D eigenvalue weighted by Crippen LogP contribution is 2.36. The molecular weight excluding hydrogens is 387 g/mol. The maximum atomic E-state index is 13.2. The Kier molecular flexibility index (Phi) is 4.88. The van der Waals surface area contributed by atoms with Gasteiger partial charge in [-0.25, -0.2) is 0 Å². The second kappa shape index (κ2) is 7.47. The minimum atomic E-state index is -0.207. The van der Waals surface area contributed by atoms with Crippen LogP contribution in [0, 0.1) is 0 Å². The molecule has 5 nitrogen and oxygen atoms in total. The molecule has 0 fully saturated rings. The van der Waals surface area contributed by atoms with Gasteiger partial charge in [0.1, 0.15) is 18.1 Å². The number of ether oxygens (including phenoxy) is 2. The zero-order valence-corrected chi connectivity index (χ0v) is 15.6. The highest BCUT2D eigenvalue weighted by molar-refractivity contribution is 6.34. The predicted octanol–water partition coefficient (Wildman–Crippen LogP) is 5.22. The van der Waals surface area contributed by atoms with Crippen molar-refractivity contribution in [3.05, 3.63) is 76.5 Å². The fraction of sp³-hybridized carbons (Fsp3) is 0.100. The molecule has 2 aromatic carbocycles. The molecule has 0 spiro atoms. The average Bonchev–Trinajstić information content (AvgIpc) is 2.70. The number of fused-ring (bicyclic) bond motifs is 1. The number of para-hydroxylation sites is 2. The monoisotopic (exact) mass is 400 g/mol. The smallest absolute Gasteiger partial charge is 0.262 e. The van der Waals surface area contributed by atoms with E-state index >= 15 is 0 Å². The molecule has 27 heavy (non-hydrogen) atoms. The van der Waals surface area contributed by atoms with Gasteiger partial charge < -0.3 is 14.4 Å². The zero-order chi connectivity index (χ0) is 18.8. The van der Waals surface area contributed by atoms with Gasteiger partial charge in [-0.15, -0.1) is 0 Å². The van der Waals surface area contributed by atoms with Crippen LogP contribution >= 0.6 is 23.2 Å². The summed E-state index contributed by atoms with van der Waals surface area (Å²) in [7, 11) is 0. The lowest BCUT2D eigenvalue weighted by atomic mass is 10.1. The van der Waals surface area contributed by atoms with E-state index in [4.69, 9.17) is 32.7 Å². The van der Waals surface area contributed by atoms with Crippen LogP contribution in [0.15, 0.2) is 60.9 Å². The van der Waals surface area contributed by atoms with Gasteiger partial charge >= 0.3 is 0 Å². The summed E-state index contributed by atoms with van der Waals surface area (Å²) in [6, 6.07) is 13.9. The molecule has 0 radical (unpaired) electrons. The Morgan fingerprint density at radius 3 is 2.85 bits per heavy atom. The zero-order valence-electron chi connectivity index (χ0n) is 14.1. The maximum Gasteiger partial charge on any atom is 0.262 e. The fourth-order valence-electron chi connectivity index (χ4n) is 2.84. The molecule has 1 aliphatic heterocycles. The molecule has 0 atom stereocenters. The molecular formula is C20H14Cl2N2O3. The van der Waals surface area contributed by atoms with Crippen molar-refractivity contribution in [1.82, 2.24) is 4.98 Å². The van der Waals surface area contributed by atoms with Crippen LogP contribution < -0.4 is 14.4 Å². The highest BCUT2D eigenvalue weighted by atomic mass is 35.5. The summed E-state index contributed by atoms with van der Waals surface area (Å²) >= 11 is 12.2. The lowest BCUT2D eigenvalue weighted by Gasteiger charge is -2.29. The molecule has 4 rings (SSSR count). The summed E-state index contributed by atoms with van der Waals surface area (Å²) in [4.78, 5) is 19.0. The third kappa shape index (κ3) is 3.56. The summed E-state index contributed by atoms with van der Waals surface area (Å²) in [5.41, 5.74) is 1.09. The molecule has 0 bridgehead atoms. The fourth-order valence-corrected chi connectivity index (χ4v) is 3.16. The first-order valence-corrected chi connectivity index (χ1v) is 8.99. The van der Waals surface area contributed by atoms with E-state index in [2.05, 4.69) is 4.98 Å². The van der Waals surface area contributed by atoms with Gasteiger partial charge in [-0.3, -0.25) is 9.78 Å². The number of hydrogen-bond donors (Lipinski definition) is 0. The Hall–Kier alpha value is -2.76. The first-order valence-electron chi connectivity index (χ1n) is 8.24. The largest absolute Gasteiger partial charge is 0.490 e. The Labute approximate surface area is 166 Å². The van der Waals surface area contributed by atoms with Gasteiger partial charge in [0, 0.05) is 17.3 Å². The summed E-state index contributed by atoms with van der Waals surface area (Å²) in [5, 5.41) is 0.867. The molecule has 1 amide bonds. The number of carbonyl (C=O) groups is 1. The number of benzene rings is 2. The second-order valence-corrected chi connectivity index (χ2v) is 6.67. The molecule has 0 saturated carbocycles. The van der Waals surface area contributed by atoms with Crippen LogP contribution in [-0.4, -0.2) is 24.0 Å². The summed E-state index contributed by atoms with van der Waals surface area (Å²) in [5.74, 6) is 1.12. The van der Waals surface area contributed by atoms with Crippen molar-refractivity contribution in [1.29, 1.82) is 0 Å². The molecule has 0 N–H and O–H groups in total. The first-order chi connectivity index (χ1) is 13.1. The van der Waals surface area contributed by atoms with E-state index in [0.717, 1.165) is 5.69 Å². The van der Waals surface area contributed by atoms with Crippen LogP contribution in [0.4, 0.5) is 5.69 Å². The van der Waals surface area contributed by atoms with Crippen molar-refractivity contribution in [3.63, 3.8) is 0 Å². The SMILES string of the molecule is O=C(c1ccncc1Oc1cc(Cl)ccc1Cl)N1CCOc2ccccc21. The summed E-state index contributed by atoms with van der Waals surface area (Å²) < 4.78 is 11.5. The summed E-state index contributed by atoms with van der Waals surface area (Å²) in [6.45, 7) is 0.861. The van der Waals surface area contributed by atoms with Crippen LogP contribution in [0.1, 0.15) is 10.4 Å². The molecule has 0 unspecified atom stereocenters. The lowest BCUT2D eigenvalue weighted by Crippen LogP contribution is -2.38. The minimum absolute atomic E-state index is 0.207. The van der Waals surface area contributed by atoms with Crippen LogP contribution in [0.25, 0.3) is 0 Å². The number of halogens is 2. The normalized spacial score (nSPS) is 12.9. The van der Waals surface area contributed by atoms with Crippen LogP contribution in [0.2, 0.25) is 10.0 Å². The number of nitrogens with zero attached hydrogens (tertiary/aromatic N) is 2. The Morgan fingerprint density at radius 1 is 1.11 bits per heavy atom. The van der Waals surface area contributed by atoms with E-state index in [9.17, 15) is 4.79 Å². The quantitative estimate of drug-likeness (QED) is 0.604. The van der Waals surface area contributed by atoms with E-state index in [1.54, 1.807) is 35.4 Å². The van der Waals surface area contributed by atoms with Gasteiger partial charge in [-0.1, -0.05) is 35.3 Å². The van der Waals surface area contributed by atoms with Crippen molar-refractivity contribution in [2.45, 2.75) is 0 Å². The van der Waals surface area contributed by atoms with E-state index in [-0.39, 0.29) is 5.91 Å². The number of pyridine rings is 1. The second-order valence-electron chi connectivity index (χ2n) is 5.82. The van der Waals surface area contributed by atoms with E-state index in [1.807, 2.05) is 24.3 Å². The Bertz CT molecular complexity index is 1010. The predicted molar refractivity (Wildman–Crippen MR) is 104 cm³/mol. The number of anilines is 1. The van der Waals surface area contributed by atoms with Crippen molar-refractivity contribution < 1.29 is 14.3 Å². The molecule has 2 heterocycles. The van der Waals surface area contributed by atoms with Crippen LogP contribution in [0.3, 0.4) is 0 Å². The minimum Gasteiger partial charge on any atom is -0.490 e. The van der Waals surface area contributed by atoms with Crippen molar-refractivity contribution in [2.75, 3.05) is 18.1 Å². The Morgan fingerprint density at radius 2 is 1.96 bits per heavy atom. The molecule has 7 heteroatoms. The van der Waals surface area contributed by atoms with E-state index < -0.39 is 0 Å². The highest BCUT2D eigenvalue weighted by Gasteiger charge is 2.26. The molecule has 1 aliphatic rings. The Balaban J connectivity index is 1.69. The molecule has 1 aromatic heterocycles. The van der Waals surface area contributed by atoms with Gasteiger partial charge in [0.2, 0.25) is 0 Å². The number of carbonyl (C=O) groups excluding carboxylic acids is 1. The maximum absolute atomic E-state index is 13.2. The molecule has 0 aliphatic carbocycles. The van der Waals surface area contributed by atoms with Gasteiger partial charge in [0.05, 0.1) is 29.0 Å². The van der Waals surface area contributed by atoms with Crippen LogP contribution in [0.5, 0.6) is 17.2 Å². The van der Waals surface area contributed by atoms with Gasteiger partial charge in [-0.05, 0) is 30.3 Å². The third-order valence-electron chi connectivity index (χ3n) is 4.10. The van der Waals surface area contributed by atoms with Gasteiger partial charge in [0.25, 0.3) is 5.91 Å². The van der Waals surface area contributed by atoms with Crippen LogP contribution in [-0.2, 0) is 0 Å². The number of hydrogen-bond acceptors (Lipinski definition) is 4. The topological polar surface area (TPSA) is 51.7 Å². The first kappa shape index (κ1) is 17.6. The lowest BCUT2D eigenvalue weighted by molar-refractivity contribution is 0.0974. The van der Waals surface area contributed by atoms with Crippen molar-refractivity contribution >= 4 is 34.8 Å². The molecule has 0 saturated heterocycles. The average molecular weight is 401 g/mol. The van der Waals surface area contributed by atoms with Gasteiger partial charge in [0.15, 0.2) is 5.75 Å². The number of aromatic nitrogens is 1. The van der Waals surface area contributed by atoms with Gasteiger partial charge in [-0.2, -0.15) is 0 Å². The summed E-state index contributed by atoms with van der Waals surface area (Å²) in [6.07, 6.45) is 3.03. The van der Waals surface area contributed by atoms with E-state index in [1.165, 1.54) is 6.20 Å². The number of rotatable bonds is 3. The van der Waals surface area contributed by atoms with Crippen molar-refractivity contribution in [3.8, 4) is 17.2 Å². The standard InChI is InChI=1S/C20H14Cl2N2O3/c21-13-5-6-15(22)18(11-13)27-19-12-23-8-7-14(19)20(25)24-9-10-26-17-4-2-1-3-16(17)24/h1-8,11-12H,9-10H2. The van der Waals surface area contributed by atoms with E-state index in [0.29, 0.717) is 46.0 Å². The molecule has 136 valence electrons. The molecule has 3 aromatic rings. The van der Waals surface area contributed by atoms with Crippen molar-refractivity contribution in [2.24, 2.45) is 0 Å². The third-order valence-corrected chi connectivity index (χ3v) is 4.65.